The highest BCUT2D eigenvalue weighted by molar-refractivity contribution is 5.93. The molecule has 76 valence electrons. The fourth-order valence-electron chi connectivity index (χ4n) is 0.827. The minimum absolute atomic E-state index is 0.115. The van der Waals surface area contributed by atoms with Crippen LogP contribution in [0.3, 0.4) is 0 Å². The van der Waals surface area contributed by atoms with Crippen molar-refractivity contribution < 1.29 is 9.59 Å². The van der Waals surface area contributed by atoms with Gasteiger partial charge in [-0.2, -0.15) is 5.10 Å². The largest absolute Gasteiger partial charge is 0.351 e. The number of carbonyl (C=O) groups excluding carboxylic acids is 2. The molecule has 0 aromatic carbocycles. The quantitative estimate of drug-likeness (QED) is 0.513. The minimum atomic E-state index is -0.894. The molecule has 1 aromatic heterocycles. The second kappa shape index (κ2) is 4.33. The van der Waals surface area contributed by atoms with Crippen molar-refractivity contribution >= 4 is 11.9 Å². The van der Waals surface area contributed by atoms with Crippen LogP contribution in [-0.2, 0) is 17.9 Å². The molecule has 0 atom stereocenters. The standard InChI is InChI=1S/C6H10N6O2/c7-1-4-9-3-12(11-4)2-5(13)10-6(8)14/h3H,1-2,7H2,(H3,8,10,13,14). The monoisotopic (exact) mass is 198 g/mol. The molecule has 1 rings (SSSR count). The number of primary amides is 1. The van der Waals surface area contributed by atoms with Crippen molar-refractivity contribution in [2.75, 3.05) is 0 Å². The normalized spacial score (nSPS) is 9.79. The Bertz CT molecular complexity index is 346. The maximum absolute atomic E-state index is 11.0. The van der Waals surface area contributed by atoms with Crippen molar-refractivity contribution in [1.29, 1.82) is 0 Å². The van der Waals surface area contributed by atoms with E-state index in [1.807, 2.05) is 5.32 Å². The molecule has 14 heavy (non-hydrogen) atoms. The van der Waals surface area contributed by atoms with E-state index in [9.17, 15) is 9.59 Å². The summed E-state index contributed by atoms with van der Waals surface area (Å²) in [5.41, 5.74) is 10.0. The second-order valence-corrected chi connectivity index (χ2v) is 2.47. The zero-order valence-electron chi connectivity index (χ0n) is 7.30. The number of nitrogens with zero attached hydrogens (tertiary/aromatic N) is 3. The molecule has 8 nitrogen and oxygen atoms in total. The van der Waals surface area contributed by atoms with Gasteiger partial charge in [0.1, 0.15) is 12.9 Å². The summed E-state index contributed by atoms with van der Waals surface area (Å²) < 4.78 is 1.26. The zero-order chi connectivity index (χ0) is 10.6. The summed E-state index contributed by atoms with van der Waals surface area (Å²) in [6.45, 7) is 0.0837. The molecule has 0 aliphatic heterocycles. The van der Waals surface area contributed by atoms with Crippen LogP contribution in [0, 0.1) is 0 Å². The van der Waals surface area contributed by atoms with E-state index >= 15 is 0 Å². The number of nitrogens with one attached hydrogen (secondary N) is 1. The summed E-state index contributed by atoms with van der Waals surface area (Å²) >= 11 is 0. The predicted molar refractivity (Wildman–Crippen MR) is 45.6 cm³/mol. The molecular weight excluding hydrogens is 188 g/mol. The number of urea groups is 1. The van der Waals surface area contributed by atoms with Crippen molar-refractivity contribution in [3.8, 4) is 0 Å². The molecular formula is C6H10N6O2. The van der Waals surface area contributed by atoms with Crippen LogP contribution in [0.1, 0.15) is 5.82 Å². The number of hydrogen-bond acceptors (Lipinski definition) is 5. The van der Waals surface area contributed by atoms with Crippen LogP contribution in [0.2, 0.25) is 0 Å². The predicted octanol–water partition coefficient (Wildman–Crippen LogP) is -2.07. The SMILES string of the molecule is NCc1ncn(CC(=O)NC(N)=O)n1. The second-order valence-electron chi connectivity index (χ2n) is 2.47. The average molecular weight is 198 g/mol. The van der Waals surface area contributed by atoms with E-state index < -0.39 is 11.9 Å². The lowest BCUT2D eigenvalue weighted by Crippen LogP contribution is -2.37. The summed E-state index contributed by atoms with van der Waals surface area (Å²) in [6.07, 6.45) is 1.35. The maximum Gasteiger partial charge on any atom is 0.318 e. The molecule has 0 aliphatic carbocycles. The van der Waals surface area contributed by atoms with Crippen LogP contribution >= 0.6 is 0 Å². The first-order chi connectivity index (χ1) is 6.61. The lowest BCUT2D eigenvalue weighted by atomic mass is 10.6. The van der Waals surface area contributed by atoms with E-state index in [1.54, 1.807) is 0 Å². The molecule has 1 aromatic rings. The highest BCUT2D eigenvalue weighted by Crippen LogP contribution is 1.87. The number of carbonyl (C=O) groups is 2. The van der Waals surface area contributed by atoms with E-state index in [4.69, 9.17) is 11.5 Å². The lowest BCUT2D eigenvalue weighted by Gasteiger charge is -1.99. The minimum Gasteiger partial charge on any atom is -0.351 e. The molecule has 0 bridgehead atoms. The first kappa shape index (κ1) is 10.1. The fourth-order valence-corrected chi connectivity index (χ4v) is 0.827. The smallest absolute Gasteiger partial charge is 0.318 e. The van der Waals surface area contributed by atoms with E-state index in [-0.39, 0.29) is 13.1 Å². The van der Waals surface area contributed by atoms with E-state index in [2.05, 4.69) is 10.1 Å². The van der Waals surface area contributed by atoms with Gasteiger partial charge in [-0.25, -0.2) is 14.5 Å². The van der Waals surface area contributed by atoms with Crippen LogP contribution in [0.4, 0.5) is 4.79 Å². The van der Waals surface area contributed by atoms with Gasteiger partial charge in [-0.15, -0.1) is 0 Å². The third-order valence-corrected chi connectivity index (χ3v) is 1.33. The average Bonchev–Trinajstić information content (AvgIpc) is 2.50. The molecule has 0 spiro atoms. The van der Waals surface area contributed by atoms with Gasteiger partial charge in [0.05, 0.1) is 6.54 Å². The number of imide groups is 1. The van der Waals surface area contributed by atoms with Crippen molar-refractivity contribution in [3.63, 3.8) is 0 Å². The molecule has 5 N–H and O–H groups in total. The van der Waals surface area contributed by atoms with Gasteiger partial charge in [-0.05, 0) is 0 Å². The molecule has 0 aliphatic rings. The topological polar surface area (TPSA) is 129 Å². The third-order valence-electron chi connectivity index (χ3n) is 1.33. The zero-order valence-corrected chi connectivity index (χ0v) is 7.30. The number of hydrogen-bond donors (Lipinski definition) is 3. The van der Waals surface area contributed by atoms with Gasteiger partial charge in [0.15, 0.2) is 5.82 Å². The Hall–Kier alpha value is -1.96. The maximum atomic E-state index is 11.0. The summed E-state index contributed by atoms with van der Waals surface area (Å²) in [5, 5.41) is 5.74. The van der Waals surface area contributed by atoms with Crippen LogP contribution in [0.25, 0.3) is 0 Å². The first-order valence-corrected chi connectivity index (χ1v) is 3.79. The van der Waals surface area contributed by atoms with Gasteiger partial charge >= 0.3 is 6.03 Å². The van der Waals surface area contributed by atoms with Crippen molar-refractivity contribution in [2.24, 2.45) is 11.5 Å². The highest BCUT2D eigenvalue weighted by atomic mass is 16.2. The Morgan fingerprint density at radius 2 is 2.29 bits per heavy atom. The van der Waals surface area contributed by atoms with Crippen LogP contribution < -0.4 is 16.8 Å². The highest BCUT2D eigenvalue weighted by Gasteiger charge is 2.06. The van der Waals surface area contributed by atoms with Crippen molar-refractivity contribution in [3.05, 3.63) is 12.2 Å². The number of nitrogens with two attached hydrogens (primary N) is 2. The Balaban J connectivity index is 2.51. The van der Waals surface area contributed by atoms with Crippen molar-refractivity contribution in [2.45, 2.75) is 13.1 Å². The number of rotatable bonds is 3. The van der Waals surface area contributed by atoms with Gasteiger partial charge in [0.2, 0.25) is 5.91 Å². The lowest BCUT2D eigenvalue weighted by molar-refractivity contribution is -0.120. The molecule has 0 fully saturated rings. The molecule has 3 amide bonds. The van der Waals surface area contributed by atoms with Gasteiger partial charge < -0.3 is 11.5 Å². The van der Waals surface area contributed by atoms with Crippen molar-refractivity contribution in [1.82, 2.24) is 20.1 Å². The molecule has 0 saturated heterocycles. The van der Waals surface area contributed by atoms with Gasteiger partial charge in [-0.1, -0.05) is 0 Å². The summed E-state index contributed by atoms with van der Waals surface area (Å²) in [6, 6.07) is -0.894. The molecule has 0 saturated carbocycles. The molecule has 0 unspecified atom stereocenters. The Morgan fingerprint density at radius 1 is 1.57 bits per heavy atom. The van der Waals surface area contributed by atoms with Crippen LogP contribution in [0.5, 0.6) is 0 Å². The van der Waals surface area contributed by atoms with Crippen LogP contribution in [-0.4, -0.2) is 26.7 Å². The number of aromatic nitrogens is 3. The molecule has 1 heterocycles. The van der Waals surface area contributed by atoms with E-state index in [1.165, 1.54) is 11.0 Å². The fraction of sp³-hybridized carbons (Fsp3) is 0.333. The molecule has 0 radical (unpaired) electrons. The Labute approximate surface area is 79.3 Å². The van der Waals surface area contributed by atoms with Gasteiger partial charge in [-0.3, -0.25) is 10.1 Å². The van der Waals surface area contributed by atoms with Gasteiger partial charge in [0.25, 0.3) is 0 Å². The van der Waals surface area contributed by atoms with Crippen LogP contribution in [0.15, 0.2) is 6.33 Å². The van der Waals surface area contributed by atoms with Gasteiger partial charge in [0, 0.05) is 0 Å². The summed E-state index contributed by atoms with van der Waals surface area (Å²) in [4.78, 5) is 25.1. The van der Waals surface area contributed by atoms with E-state index in [0.717, 1.165) is 0 Å². The van der Waals surface area contributed by atoms with E-state index in [0.29, 0.717) is 5.82 Å². The first-order valence-electron chi connectivity index (χ1n) is 3.79. The Kier molecular flexibility index (Phi) is 3.13. The summed E-state index contributed by atoms with van der Waals surface area (Å²) in [5.74, 6) is -0.122. The number of amides is 3. The Morgan fingerprint density at radius 3 is 2.79 bits per heavy atom. The summed E-state index contributed by atoms with van der Waals surface area (Å²) in [7, 11) is 0. The molecule has 8 heteroatoms. The third kappa shape index (κ3) is 2.83.